The number of hydrogen-bond donors (Lipinski definition) is 1. The molecule has 0 saturated heterocycles. The topological polar surface area (TPSA) is 90.4 Å². The highest BCUT2D eigenvalue weighted by Gasteiger charge is 2.19. The van der Waals surface area contributed by atoms with E-state index in [1.807, 2.05) is 20.8 Å². The first-order valence-corrected chi connectivity index (χ1v) is 11.0. The predicted molar refractivity (Wildman–Crippen MR) is 124 cm³/mol. The van der Waals surface area contributed by atoms with Crippen LogP contribution in [0.3, 0.4) is 0 Å². The monoisotopic (exact) mass is 451 g/mol. The second-order valence-electron chi connectivity index (χ2n) is 8.49. The Morgan fingerprint density at radius 3 is 2.52 bits per heavy atom. The van der Waals surface area contributed by atoms with Crippen LogP contribution in [0.15, 0.2) is 52.1 Å². The van der Waals surface area contributed by atoms with Crippen molar-refractivity contribution in [3.05, 3.63) is 80.2 Å². The number of aromatic nitrogens is 4. The molecule has 0 aliphatic heterocycles. The van der Waals surface area contributed by atoms with Gasteiger partial charge in [-0.25, -0.2) is 18.3 Å². The maximum atomic E-state index is 13.4. The molecule has 2 aromatic carbocycles. The van der Waals surface area contributed by atoms with Crippen LogP contribution in [0.2, 0.25) is 0 Å². The van der Waals surface area contributed by atoms with Gasteiger partial charge in [-0.3, -0.25) is 14.2 Å². The van der Waals surface area contributed by atoms with Gasteiger partial charge in [0.2, 0.25) is 5.78 Å². The summed E-state index contributed by atoms with van der Waals surface area (Å²) in [7, 11) is 0. The van der Waals surface area contributed by atoms with Crippen LogP contribution in [0, 0.1) is 11.7 Å². The lowest BCUT2D eigenvalue weighted by Gasteiger charge is -2.11. The zero-order valence-electron chi connectivity index (χ0n) is 18.8. The Morgan fingerprint density at radius 2 is 1.85 bits per heavy atom. The molecule has 0 bridgehead atoms. The summed E-state index contributed by atoms with van der Waals surface area (Å²) >= 11 is 0. The highest BCUT2D eigenvalue weighted by molar-refractivity contribution is 5.98. The quantitative estimate of drug-likeness (QED) is 0.468. The molecule has 1 amide bonds. The van der Waals surface area contributed by atoms with E-state index < -0.39 is 5.69 Å². The van der Waals surface area contributed by atoms with Crippen molar-refractivity contribution in [2.75, 3.05) is 6.54 Å². The molecule has 0 saturated carbocycles. The van der Waals surface area contributed by atoms with Crippen molar-refractivity contribution in [2.45, 2.75) is 40.3 Å². The highest BCUT2D eigenvalue weighted by atomic mass is 19.1. The van der Waals surface area contributed by atoms with Crippen molar-refractivity contribution < 1.29 is 9.18 Å². The predicted octanol–water partition coefficient (Wildman–Crippen LogP) is 2.79. The molecule has 9 heteroatoms. The summed E-state index contributed by atoms with van der Waals surface area (Å²) in [5.41, 5.74) is 0.672. The van der Waals surface area contributed by atoms with Crippen molar-refractivity contribution in [2.24, 2.45) is 5.92 Å². The van der Waals surface area contributed by atoms with Crippen molar-refractivity contribution in [1.29, 1.82) is 0 Å². The van der Waals surface area contributed by atoms with E-state index in [1.165, 1.54) is 25.8 Å². The van der Waals surface area contributed by atoms with Crippen LogP contribution in [0.25, 0.3) is 16.7 Å². The van der Waals surface area contributed by atoms with Crippen molar-refractivity contribution in [1.82, 2.24) is 24.1 Å². The molecule has 0 aliphatic rings. The third-order valence-electron chi connectivity index (χ3n) is 5.40. The molecule has 0 atom stereocenters. The van der Waals surface area contributed by atoms with Gasteiger partial charge in [-0.1, -0.05) is 32.9 Å². The second-order valence-corrected chi connectivity index (χ2v) is 8.49. The van der Waals surface area contributed by atoms with E-state index in [0.29, 0.717) is 41.5 Å². The first kappa shape index (κ1) is 22.4. The number of amides is 1. The van der Waals surface area contributed by atoms with Crippen molar-refractivity contribution >= 4 is 22.6 Å². The van der Waals surface area contributed by atoms with Crippen molar-refractivity contribution in [3.63, 3.8) is 0 Å². The van der Waals surface area contributed by atoms with Gasteiger partial charge in [-0.2, -0.15) is 0 Å². The van der Waals surface area contributed by atoms with Gasteiger partial charge < -0.3 is 5.32 Å². The van der Waals surface area contributed by atoms with Crippen molar-refractivity contribution in [3.8, 4) is 0 Å². The molecule has 0 aliphatic carbocycles. The minimum absolute atomic E-state index is 0.122. The van der Waals surface area contributed by atoms with E-state index in [0.717, 1.165) is 0 Å². The van der Waals surface area contributed by atoms with Crippen LogP contribution >= 0.6 is 0 Å². The molecule has 2 aromatic heterocycles. The number of aryl methyl sites for hydroxylation is 1. The largest absolute Gasteiger partial charge is 0.352 e. The SMILES string of the molecule is CCCn1c(=O)c2ccc(C(=O)NCC(C)C)cc2n2c(=O)n(Cc3ccc(F)cc3)nc12. The third kappa shape index (κ3) is 4.30. The average Bonchev–Trinajstić information content (AvgIpc) is 3.12. The summed E-state index contributed by atoms with van der Waals surface area (Å²) in [5, 5.41) is 7.62. The van der Waals surface area contributed by atoms with E-state index in [9.17, 15) is 18.8 Å². The summed E-state index contributed by atoms with van der Waals surface area (Å²) in [6.45, 7) is 6.95. The van der Waals surface area contributed by atoms with Crippen LogP contribution in [-0.4, -0.2) is 31.2 Å². The van der Waals surface area contributed by atoms with Crippen LogP contribution < -0.4 is 16.6 Å². The number of nitrogens with one attached hydrogen (secondary N) is 1. The Bertz CT molecular complexity index is 1450. The zero-order valence-corrected chi connectivity index (χ0v) is 18.8. The van der Waals surface area contributed by atoms with E-state index >= 15 is 0 Å². The summed E-state index contributed by atoms with van der Waals surface area (Å²) in [5.74, 6) is -0.147. The maximum Gasteiger partial charge on any atom is 0.352 e. The lowest BCUT2D eigenvalue weighted by molar-refractivity contribution is 0.0949. The molecule has 172 valence electrons. The molecule has 2 heterocycles. The van der Waals surface area contributed by atoms with E-state index in [-0.39, 0.29) is 35.5 Å². The minimum atomic E-state index is -0.441. The van der Waals surface area contributed by atoms with Crippen LogP contribution in [0.5, 0.6) is 0 Å². The number of carbonyl (C=O) groups excluding carboxylic acids is 1. The van der Waals surface area contributed by atoms with E-state index in [2.05, 4.69) is 10.4 Å². The zero-order chi connectivity index (χ0) is 23.7. The molecule has 8 nitrogen and oxygen atoms in total. The summed E-state index contributed by atoms with van der Waals surface area (Å²) in [6, 6.07) is 10.5. The molecule has 4 aromatic rings. The van der Waals surface area contributed by atoms with Gasteiger partial charge >= 0.3 is 5.69 Å². The molecular weight excluding hydrogens is 425 g/mol. The molecule has 0 fully saturated rings. The summed E-state index contributed by atoms with van der Waals surface area (Å²) < 4.78 is 17.4. The first-order valence-electron chi connectivity index (χ1n) is 11.0. The Hall–Kier alpha value is -3.75. The molecule has 1 N–H and O–H groups in total. The fourth-order valence-corrected chi connectivity index (χ4v) is 3.75. The number of rotatable bonds is 7. The van der Waals surface area contributed by atoms with Gasteiger partial charge in [0, 0.05) is 18.7 Å². The lowest BCUT2D eigenvalue weighted by Crippen LogP contribution is -2.29. The maximum absolute atomic E-state index is 13.4. The fourth-order valence-electron chi connectivity index (χ4n) is 3.75. The number of benzene rings is 2. The average molecular weight is 452 g/mol. The van der Waals surface area contributed by atoms with Crippen LogP contribution in [0.1, 0.15) is 43.1 Å². The molecule has 4 rings (SSSR count). The number of nitrogens with zero attached hydrogens (tertiary/aromatic N) is 4. The molecular formula is C24H26FN5O3. The normalized spacial score (nSPS) is 11.5. The Labute approximate surface area is 189 Å². The smallest absolute Gasteiger partial charge is 0.352 e. The van der Waals surface area contributed by atoms with Gasteiger partial charge in [-0.15, -0.1) is 5.10 Å². The van der Waals surface area contributed by atoms with E-state index in [4.69, 9.17) is 0 Å². The number of halogens is 1. The number of carbonyl (C=O) groups is 1. The fraction of sp³-hybridized carbons (Fsp3) is 0.333. The highest BCUT2D eigenvalue weighted by Crippen LogP contribution is 2.15. The van der Waals surface area contributed by atoms with Gasteiger partial charge in [0.1, 0.15) is 5.82 Å². The van der Waals surface area contributed by atoms with Gasteiger partial charge in [0.25, 0.3) is 11.5 Å². The number of fused-ring (bicyclic) bond motifs is 3. The standard InChI is InChI=1S/C24H26FN5O3/c1-4-11-28-22(32)19-10-7-17(21(31)26-13-15(2)3)12-20(19)30-23(28)27-29(24(30)33)14-16-5-8-18(25)9-6-16/h5-10,12,15H,4,11,13-14H2,1-3H3,(H,26,31). The Morgan fingerprint density at radius 1 is 1.12 bits per heavy atom. The van der Waals surface area contributed by atoms with Gasteiger partial charge in [0.05, 0.1) is 17.4 Å². The lowest BCUT2D eigenvalue weighted by atomic mass is 10.1. The third-order valence-corrected chi connectivity index (χ3v) is 5.40. The minimum Gasteiger partial charge on any atom is -0.352 e. The number of hydrogen-bond acceptors (Lipinski definition) is 4. The molecule has 0 spiro atoms. The molecule has 0 unspecified atom stereocenters. The Balaban J connectivity index is 1.91. The molecule has 33 heavy (non-hydrogen) atoms. The van der Waals surface area contributed by atoms with Gasteiger partial charge in [0.15, 0.2) is 0 Å². The van der Waals surface area contributed by atoms with Crippen LogP contribution in [-0.2, 0) is 13.1 Å². The summed E-state index contributed by atoms with van der Waals surface area (Å²) in [6.07, 6.45) is 0.676. The molecule has 0 radical (unpaired) electrons. The van der Waals surface area contributed by atoms with Crippen LogP contribution in [0.4, 0.5) is 4.39 Å². The van der Waals surface area contributed by atoms with Gasteiger partial charge in [-0.05, 0) is 48.2 Å². The first-order chi connectivity index (χ1) is 15.8. The van der Waals surface area contributed by atoms with E-state index in [1.54, 1.807) is 30.3 Å². The Kier molecular flexibility index (Phi) is 6.13. The summed E-state index contributed by atoms with van der Waals surface area (Å²) in [4.78, 5) is 39.2. The second kappa shape index (κ2) is 9.01.